The Labute approximate surface area is 146 Å². The fourth-order valence-corrected chi connectivity index (χ4v) is 2.91. The van der Waals surface area contributed by atoms with E-state index in [4.69, 9.17) is 9.15 Å². The van der Waals surface area contributed by atoms with Crippen LogP contribution in [0.2, 0.25) is 0 Å². The van der Waals surface area contributed by atoms with Gasteiger partial charge in [-0.1, -0.05) is 18.2 Å². The molecular formula is C17H17F3N2O4. The molecule has 1 aliphatic rings. The number of likely N-dealkylation sites (tertiary alicyclic amines) is 1. The van der Waals surface area contributed by atoms with Crippen LogP contribution >= 0.6 is 0 Å². The number of fused-ring (bicyclic) bond motifs is 1. The monoisotopic (exact) mass is 370 g/mol. The van der Waals surface area contributed by atoms with Crippen LogP contribution < -0.4 is 5.32 Å². The number of hydrogen-bond acceptors (Lipinski definition) is 4. The molecule has 1 aliphatic heterocycles. The zero-order chi connectivity index (χ0) is 18.9. The quantitative estimate of drug-likeness (QED) is 0.877. The molecule has 1 saturated heterocycles. The van der Waals surface area contributed by atoms with Gasteiger partial charge in [0.15, 0.2) is 0 Å². The standard InChI is InChI=1S/C17H17F3N2O4/c1-25-9-13(23)22-7-10(8-22)6-21-16(24)14-11-4-2-3-5-12(11)26-15(14)17(18,19)20/h2-5,10H,6-9H2,1H3,(H,21,24). The van der Waals surface area contributed by atoms with Gasteiger partial charge in [-0.3, -0.25) is 9.59 Å². The summed E-state index contributed by atoms with van der Waals surface area (Å²) in [6.45, 7) is 1.02. The van der Waals surface area contributed by atoms with Crippen LogP contribution in [0, 0.1) is 5.92 Å². The van der Waals surface area contributed by atoms with Crippen molar-refractivity contribution in [3.05, 3.63) is 35.6 Å². The molecule has 0 atom stereocenters. The highest BCUT2D eigenvalue weighted by atomic mass is 19.4. The molecule has 0 radical (unpaired) electrons. The Morgan fingerprint density at radius 1 is 1.31 bits per heavy atom. The van der Waals surface area contributed by atoms with Gasteiger partial charge in [0.2, 0.25) is 11.7 Å². The van der Waals surface area contributed by atoms with Gasteiger partial charge in [-0.15, -0.1) is 0 Å². The average Bonchev–Trinajstić information content (AvgIpc) is 2.93. The Kier molecular flexibility index (Phi) is 4.90. The molecule has 0 bridgehead atoms. The number of nitrogens with one attached hydrogen (secondary N) is 1. The van der Waals surface area contributed by atoms with E-state index in [2.05, 4.69) is 5.32 Å². The second kappa shape index (κ2) is 6.99. The maximum Gasteiger partial charge on any atom is 0.450 e. The van der Waals surface area contributed by atoms with Crippen LogP contribution in [-0.2, 0) is 15.7 Å². The first kappa shape index (κ1) is 18.2. The zero-order valence-corrected chi connectivity index (χ0v) is 13.9. The summed E-state index contributed by atoms with van der Waals surface area (Å²) in [5.41, 5.74) is -0.510. The lowest BCUT2D eigenvalue weighted by atomic mass is 10.00. The third kappa shape index (κ3) is 3.52. The van der Waals surface area contributed by atoms with E-state index in [0.717, 1.165) is 0 Å². The predicted octanol–water partition coefficient (Wildman–Crippen LogP) is 2.29. The summed E-state index contributed by atoms with van der Waals surface area (Å²) in [6.07, 6.45) is -4.77. The van der Waals surface area contributed by atoms with Crippen LogP contribution in [0.4, 0.5) is 13.2 Å². The summed E-state index contributed by atoms with van der Waals surface area (Å²) in [4.78, 5) is 25.5. The average molecular weight is 370 g/mol. The van der Waals surface area contributed by atoms with Crippen molar-refractivity contribution < 1.29 is 31.9 Å². The maximum absolute atomic E-state index is 13.2. The maximum atomic E-state index is 13.2. The summed E-state index contributed by atoms with van der Waals surface area (Å²) in [7, 11) is 1.42. The molecule has 0 unspecified atom stereocenters. The molecule has 26 heavy (non-hydrogen) atoms. The van der Waals surface area contributed by atoms with Gasteiger partial charge in [0.1, 0.15) is 12.2 Å². The number of methoxy groups -OCH3 is 1. The molecular weight excluding hydrogens is 353 g/mol. The number of nitrogens with zero attached hydrogens (tertiary/aromatic N) is 1. The topological polar surface area (TPSA) is 71.8 Å². The highest BCUT2D eigenvalue weighted by molar-refractivity contribution is 6.07. The summed E-state index contributed by atoms with van der Waals surface area (Å²) < 4.78 is 49.2. The fraction of sp³-hybridized carbons (Fsp3) is 0.412. The summed E-state index contributed by atoms with van der Waals surface area (Å²) in [6, 6.07) is 5.87. The molecule has 6 nitrogen and oxygen atoms in total. The fourth-order valence-electron chi connectivity index (χ4n) is 2.91. The van der Waals surface area contributed by atoms with Gasteiger partial charge in [0.25, 0.3) is 5.91 Å². The Morgan fingerprint density at radius 3 is 2.65 bits per heavy atom. The molecule has 3 rings (SSSR count). The third-order valence-corrected chi connectivity index (χ3v) is 4.21. The number of rotatable bonds is 5. The molecule has 2 heterocycles. The van der Waals surface area contributed by atoms with Gasteiger partial charge in [-0.2, -0.15) is 13.2 Å². The number of carbonyl (C=O) groups is 2. The third-order valence-electron chi connectivity index (χ3n) is 4.21. The van der Waals surface area contributed by atoms with Crippen molar-refractivity contribution in [1.82, 2.24) is 10.2 Å². The Balaban J connectivity index is 1.68. The first-order valence-electron chi connectivity index (χ1n) is 7.95. The highest BCUT2D eigenvalue weighted by Gasteiger charge is 2.41. The van der Waals surface area contributed by atoms with Crippen molar-refractivity contribution in [3.63, 3.8) is 0 Å². The molecule has 0 aliphatic carbocycles. The molecule has 2 aromatic rings. The van der Waals surface area contributed by atoms with Crippen LogP contribution in [0.1, 0.15) is 16.1 Å². The van der Waals surface area contributed by atoms with Gasteiger partial charge in [-0.05, 0) is 6.07 Å². The zero-order valence-electron chi connectivity index (χ0n) is 13.9. The Hall–Kier alpha value is -2.55. The van der Waals surface area contributed by atoms with Crippen LogP contribution in [0.3, 0.4) is 0 Å². The number of benzene rings is 1. The summed E-state index contributed by atoms with van der Waals surface area (Å²) in [5.74, 6) is -2.31. The number of hydrogen-bond donors (Lipinski definition) is 1. The highest BCUT2D eigenvalue weighted by Crippen LogP contribution is 2.38. The van der Waals surface area contributed by atoms with Crippen molar-refractivity contribution >= 4 is 22.8 Å². The van der Waals surface area contributed by atoms with Crippen LogP contribution in [0.25, 0.3) is 11.0 Å². The second-order valence-corrected chi connectivity index (χ2v) is 6.11. The Morgan fingerprint density at radius 2 is 2.00 bits per heavy atom. The van der Waals surface area contributed by atoms with Gasteiger partial charge in [0.05, 0.1) is 5.56 Å². The van der Waals surface area contributed by atoms with Crippen molar-refractivity contribution in [1.29, 1.82) is 0 Å². The number of carbonyl (C=O) groups excluding carboxylic acids is 2. The van der Waals surface area contributed by atoms with Crippen molar-refractivity contribution in [2.75, 3.05) is 33.4 Å². The van der Waals surface area contributed by atoms with E-state index >= 15 is 0 Å². The van der Waals surface area contributed by atoms with E-state index in [1.54, 1.807) is 11.0 Å². The van der Waals surface area contributed by atoms with E-state index in [1.807, 2.05) is 0 Å². The molecule has 1 aromatic carbocycles. The lowest BCUT2D eigenvalue weighted by Gasteiger charge is -2.39. The van der Waals surface area contributed by atoms with Crippen molar-refractivity contribution in [2.24, 2.45) is 5.92 Å². The van der Waals surface area contributed by atoms with Gasteiger partial charge < -0.3 is 19.4 Å². The molecule has 9 heteroatoms. The molecule has 1 N–H and O–H groups in total. The normalized spacial score (nSPS) is 15.2. The smallest absolute Gasteiger partial charge is 0.450 e. The molecule has 2 amide bonds. The number of ether oxygens (including phenoxy) is 1. The molecule has 0 saturated carbocycles. The van der Waals surface area contributed by atoms with Crippen LogP contribution in [0.5, 0.6) is 0 Å². The number of amides is 2. The van der Waals surface area contributed by atoms with Crippen molar-refractivity contribution in [2.45, 2.75) is 6.18 Å². The lowest BCUT2D eigenvalue weighted by Crippen LogP contribution is -2.54. The minimum absolute atomic E-state index is 0.00459. The summed E-state index contributed by atoms with van der Waals surface area (Å²) >= 11 is 0. The molecule has 0 spiro atoms. The van der Waals surface area contributed by atoms with Gasteiger partial charge in [-0.25, -0.2) is 0 Å². The SMILES string of the molecule is COCC(=O)N1CC(CNC(=O)c2c(C(F)(F)F)oc3ccccc23)C1. The molecule has 1 fully saturated rings. The van der Waals surface area contributed by atoms with Gasteiger partial charge >= 0.3 is 6.18 Å². The number of furan rings is 1. The summed E-state index contributed by atoms with van der Waals surface area (Å²) in [5, 5.41) is 2.63. The second-order valence-electron chi connectivity index (χ2n) is 6.11. The number of alkyl halides is 3. The van der Waals surface area contributed by atoms with Crippen molar-refractivity contribution in [3.8, 4) is 0 Å². The van der Waals surface area contributed by atoms with E-state index in [-0.39, 0.29) is 35.9 Å². The minimum Gasteiger partial charge on any atom is -0.451 e. The number of para-hydroxylation sites is 1. The van der Waals surface area contributed by atoms with Crippen LogP contribution in [-0.4, -0.2) is 50.1 Å². The first-order chi connectivity index (χ1) is 12.3. The van der Waals surface area contributed by atoms with E-state index < -0.39 is 23.4 Å². The number of halogens is 3. The van der Waals surface area contributed by atoms with Gasteiger partial charge in [0, 0.05) is 38.0 Å². The Bertz CT molecular complexity index is 825. The van der Waals surface area contributed by atoms with Crippen LogP contribution in [0.15, 0.2) is 28.7 Å². The minimum atomic E-state index is -4.77. The molecule has 1 aromatic heterocycles. The predicted molar refractivity (Wildman–Crippen MR) is 85.5 cm³/mol. The first-order valence-corrected chi connectivity index (χ1v) is 7.95. The molecule has 140 valence electrons. The lowest BCUT2D eigenvalue weighted by molar-refractivity contribution is -0.152. The largest absolute Gasteiger partial charge is 0.451 e. The van der Waals surface area contributed by atoms with E-state index in [9.17, 15) is 22.8 Å². The van der Waals surface area contributed by atoms with E-state index in [0.29, 0.717) is 13.1 Å². The van der Waals surface area contributed by atoms with E-state index in [1.165, 1.54) is 25.3 Å².